The van der Waals surface area contributed by atoms with Gasteiger partial charge in [0.25, 0.3) is 0 Å². The Labute approximate surface area is 98.7 Å². The van der Waals surface area contributed by atoms with E-state index in [4.69, 9.17) is 0 Å². The summed E-state index contributed by atoms with van der Waals surface area (Å²) in [6.07, 6.45) is -3.27. The van der Waals surface area contributed by atoms with Crippen molar-refractivity contribution >= 4 is 17.1 Å². The highest BCUT2D eigenvalue weighted by atomic mass is 32.1. The number of alkyl halides is 3. The maximum atomic E-state index is 12.7. The molecule has 0 unspecified atom stereocenters. The van der Waals surface area contributed by atoms with E-state index in [0.29, 0.717) is 0 Å². The Kier molecular flexibility index (Phi) is 2.97. The number of carbonyl (C=O) groups excluding carboxylic acids is 1. The Hall–Kier alpha value is -1.69. The molecule has 1 aromatic carbocycles. The first kappa shape index (κ1) is 11.8. The third-order valence-electron chi connectivity index (χ3n) is 2.13. The van der Waals surface area contributed by atoms with Gasteiger partial charge in [-0.2, -0.15) is 13.2 Å². The lowest BCUT2D eigenvalue weighted by atomic mass is 10.0. The number of halogens is 3. The zero-order chi connectivity index (χ0) is 12.5. The van der Waals surface area contributed by atoms with Crippen LogP contribution in [0.3, 0.4) is 0 Å². The van der Waals surface area contributed by atoms with Crippen LogP contribution in [0.15, 0.2) is 36.0 Å². The van der Waals surface area contributed by atoms with E-state index >= 15 is 0 Å². The summed E-state index contributed by atoms with van der Waals surface area (Å²) in [5.41, 5.74) is 0.145. The van der Waals surface area contributed by atoms with Crippen molar-refractivity contribution in [3.05, 3.63) is 52.0 Å². The average molecular weight is 257 g/mol. The molecule has 0 amide bonds. The Balaban J connectivity index is 2.50. The molecular weight excluding hydrogens is 251 g/mol. The first-order valence-electron chi connectivity index (χ1n) is 4.59. The normalized spacial score (nSPS) is 11.5. The van der Waals surface area contributed by atoms with Gasteiger partial charge in [0, 0.05) is 11.8 Å². The van der Waals surface area contributed by atoms with Crippen molar-refractivity contribution < 1.29 is 18.0 Å². The van der Waals surface area contributed by atoms with Crippen LogP contribution in [-0.4, -0.2) is 10.8 Å². The number of nitrogens with zero attached hydrogens (tertiary/aromatic N) is 1. The summed E-state index contributed by atoms with van der Waals surface area (Å²) in [7, 11) is 0. The van der Waals surface area contributed by atoms with Gasteiger partial charge < -0.3 is 0 Å². The van der Waals surface area contributed by atoms with Gasteiger partial charge in [0.15, 0.2) is 0 Å². The fourth-order valence-electron chi connectivity index (χ4n) is 1.39. The number of ketones is 1. The predicted molar refractivity (Wildman–Crippen MR) is 57.0 cm³/mol. The van der Waals surface area contributed by atoms with Crippen LogP contribution in [0.2, 0.25) is 0 Å². The molecule has 6 heteroatoms. The highest BCUT2D eigenvalue weighted by Gasteiger charge is 2.35. The van der Waals surface area contributed by atoms with E-state index < -0.39 is 17.5 Å². The van der Waals surface area contributed by atoms with Gasteiger partial charge in [0.1, 0.15) is 0 Å². The number of hydrogen-bond donors (Lipinski definition) is 0. The number of benzene rings is 1. The minimum atomic E-state index is -4.53. The summed E-state index contributed by atoms with van der Waals surface area (Å²) in [5, 5.41) is 0. The molecule has 0 fully saturated rings. The lowest BCUT2D eigenvalue weighted by molar-refractivity contribution is -0.137. The molecule has 0 aliphatic rings. The lowest BCUT2D eigenvalue weighted by Gasteiger charge is -2.10. The minimum absolute atomic E-state index is 0.196. The summed E-state index contributed by atoms with van der Waals surface area (Å²) in [4.78, 5) is 15.7. The van der Waals surface area contributed by atoms with Crippen LogP contribution in [-0.2, 0) is 6.18 Å². The summed E-state index contributed by atoms with van der Waals surface area (Å²) in [5.74, 6) is -0.652. The third-order valence-corrected chi connectivity index (χ3v) is 2.91. The fourth-order valence-corrected chi connectivity index (χ4v) is 1.96. The van der Waals surface area contributed by atoms with Crippen molar-refractivity contribution in [2.45, 2.75) is 6.18 Å². The molecule has 0 aliphatic carbocycles. The molecule has 1 heterocycles. The van der Waals surface area contributed by atoms with Crippen LogP contribution in [0.5, 0.6) is 0 Å². The Morgan fingerprint density at radius 1 is 1.24 bits per heavy atom. The highest BCUT2D eigenvalue weighted by molar-refractivity contribution is 7.11. The van der Waals surface area contributed by atoms with E-state index in [1.54, 1.807) is 0 Å². The van der Waals surface area contributed by atoms with Crippen molar-refractivity contribution in [3.8, 4) is 0 Å². The van der Waals surface area contributed by atoms with Crippen molar-refractivity contribution in [2.75, 3.05) is 0 Å². The van der Waals surface area contributed by atoms with E-state index in [1.165, 1.54) is 29.9 Å². The summed E-state index contributed by atoms with van der Waals surface area (Å²) in [6, 6.07) is 4.73. The Morgan fingerprint density at radius 3 is 2.53 bits per heavy atom. The van der Waals surface area contributed by atoms with Gasteiger partial charge in [-0.3, -0.25) is 9.78 Å². The fraction of sp³-hybridized carbons (Fsp3) is 0.0909. The smallest absolute Gasteiger partial charge is 0.288 e. The van der Waals surface area contributed by atoms with Crippen molar-refractivity contribution in [3.63, 3.8) is 0 Å². The van der Waals surface area contributed by atoms with E-state index in [-0.39, 0.29) is 10.4 Å². The van der Waals surface area contributed by atoms with Crippen molar-refractivity contribution in [2.24, 2.45) is 0 Å². The second kappa shape index (κ2) is 4.29. The summed E-state index contributed by atoms with van der Waals surface area (Å²) in [6.45, 7) is 0. The monoisotopic (exact) mass is 257 g/mol. The predicted octanol–water partition coefficient (Wildman–Crippen LogP) is 3.39. The quantitative estimate of drug-likeness (QED) is 0.772. The maximum Gasteiger partial charge on any atom is 0.417 e. The van der Waals surface area contributed by atoms with Gasteiger partial charge in [-0.15, -0.1) is 11.3 Å². The largest absolute Gasteiger partial charge is 0.417 e. The molecular formula is C11H6F3NOS. The van der Waals surface area contributed by atoms with Gasteiger partial charge in [0.05, 0.1) is 16.0 Å². The van der Waals surface area contributed by atoms with Gasteiger partial charge in [-0.05, 0) is 6.07 Å². The third kappa shape index (κ3) is 2.36. The molecule has 0 radical (unpaired) electrons. The van der Waals surface area contributed by atoms with Gasteiger partial charge in [0.2, 0.25) is 5.78 Å². The van der Waals surface area contributed by atoms with Gasteiger partial charge in [-0.25, -0.2) is 0 Å². The summed E-state index contributed by atoms with van der Waals surface area (Å²) < 4.78 is 38.1. The van der Waals surface area contributed by atoms with Gasteiger partial charge >= 0.3 is 6.18 Å². The second-order valence-electron chi connectivity index (χ2n) is 3.24. The molecule has 0 aliphatic heterocycles. The van der Waals surface area contributed by atoms with Crippen LogP contribution in [0, 0.1) is 0 Å². The van der Waals surface area contributed by atoms with Crippen molar-refractivity contribution in [1.29, 1.82) is 0 Å². The van der Waals surface area contributed by atoms with E-state index in [1.807, 2.05) is 0 Å². The number of thiazole rings is 1. The molecule has 2 nitrogen and oxygen atoms in total. The van der Waals surface area contributed by atoms with Gasteiger partial charge in [-0.1, -0.05) is 18.2 Å². The molecule has 2 rings (SSSR count). The molecule has 17 heavy (non-hydrogen) atoms. The van der Waals surface area contributed by atoms with Crippen LogP contribution in [0.1, 0.15) is 20.8 Å². The van der Waals surface area contributed by atoms with E-state index in [0.717, 1.165) is 17.4 Å². The molecule has 0 bridgehead atoms. The van der Waals surface area contributed by atoms with Crippen LogP contribution in [0.4, 0.5) is 13.2 Å². The molecule has 88 valence electrons. The number of carbonyl (C=O) groups is 1. The number of hydrogen-bond acceptors (Lipinski definition) is 3. The van der Waals surface area contributed by atoms with E-state index in [2.05, 4.69) is 4.98 Å². The average Bonchev–Trinajstić information content (AvgIpc) is 2.80. The van der Waals surface area contributed by atoms with Crippen LogP contribution >= 0.6 is 11.3 Å². The minimum Gasteiger partial charge on any atom is -0.288 e. The Bertz CT molecular complexity index is 534. The molecule has 2 aromatic rings. The maximum absolute atomic E-state index is 12.7. The Morgan fingerprint density at radius 2 is 1.94 bits per heavy atom. The molecule has 0 spiro atoms. The number of aromatic nitrogens is 1. The molecule has 0 saturated heterocycles. The lowest BCUT2D eigenvalue weighted by Crippen LogP contribution is -2.12. The topological polar surface area (TPSA) is 30.0 Å². The molecule has 0 N–H and O–H groups in total. The standard InChI is InChI=1S/C11H6F3NOS/c12-11(13,14)8-4-2-1-3-7(8)10(16)9-5-15-6-17-9/h1-6H. The van der Waals surface area contributed by atoms with E-state index in [9.17, 15) is 18.0 Å². The first-order chi connectivity index (χ1) is 8.00. The first-order valence-corrected chi connectivity index (χ1v) is 5.47. The molecule has 0 saturated carbocycles. The second-order valence-corrected chi connectivity index (χ2v) is 4.12. The van der Waals surface area contributed by atoms with Crippen LogP contribution in [0.25, 0.3) is 0 Å². The zero-order valence-electron chi connectivity index (χ0n) is 8.36. The van der Waals surface area contributed by atoms with Crippen molar-refractivity contribution in [1.82, 2.24) is 4.98 Å². The molecule has 1 aromatic heterocycles. The SMILES string of the molecule is O=C(c1cncs1)c1ccccc1C(F)(F)F. The van der Waals surface area contributed by atoms with Crippen LogP contribution < -0.4 is 0 Å². The molecule has 0 atom stereocenters. The highest BCUT2D eigenvalue weighted by Crippen LogP contribution is 2.33. The summed E-state index contributed by atoms with van der Waals surface area (Å²) >= 11 is 1.02. The zero-order valence-corrected chi connectivity index (χ0v) is 9.18. The number of rotatable bonds is 2.